The molecule has 0 amide bonds. The van der Waals surface area contributed by atoms with Crippen LogP contribution < -0.4 is 0 Å². The highest BCUT2D eigenvalue weighted by molar-refractivity contribution is 5.51. The largest absolute Gasteiger partial charge is 0.492 e. The first kappa shape index (κ1) is 12.8. The molecule has 4 heteroatoms. The van der Waals surface area contributed by atoms with Crippen LogP contribution in [0.25, 0.3) is 0 Å². The summed E-state index contributed by atoms with van der Waals surface area (Å²) in [5.41, 5.74) is 2.69. The number of hydrogen-bond acceptors (Lipinski definition) is 4. The van der Waals surface area contributed by atoms with Crippen LogP contribution in [0, 0.1) is 11.3 Å². The molecule has 0 radical (unpaired) electrons. The van der Waals surface area contributed by atoms with Crippen molar-refractivity contribution in [3.8, 4) is 11.9 Å². The van der Waals surface area contributed by atoms with Crippen molar-refractivity contribution < 1.29 is 9.84 Å². The molecule has 96 valence electrons. The number of pyridine rings is 1. The summed E-state index contributed by atoms with van der Waals surface area (Å²) in [6.07, 6.45) is 0.626. The monoisotopic (exact) mass is 246 g/mol. The molecule has 1 aliphatic rings. The van der Waals surface area contributed by atoms with Gasteiger partial charge in [-0.25, -0.2) is 4.98 Å². The Morgan fingerprint density at radius 1 is 1.39 bits per heavy atom. The summed E-state index contributed by atoms with van der Waals surface area (Å²) >= 11 is 0. The van der Waals surface area contributed by atoms with E-state index < -0.39 is 0 Å². The van der Waals surface area contributed by atoms with E-state index in [4.69, 9.17) is 4.74 Å². The highest BCUT2D eigenvalue weighted by atomic mass is 16.5. The number of ether oxygens (including phenoxy) is 1. The molecular weight excluding hydrogens is 228 g/mol. The third kappa shape index (κ3) is 2.06. The van der Waals surface area contributed by atoms with Crippen molar-refractivity contribution in [3.63, 3.8) is 0 Å². The maximum Gasteiger partial charge on any atom is 0.229 e. The minimum absolute atomic E-state index is 0.155. The molecule has 4 nitrogen and oxygen atoms in total. The lowest BCUT2D eigenvalue weighted by atomic mass is 9.86. The summed E-state index contributed by atoms with van der Waals surface area (Å²) in [4.78, 5) is 4.16. The van der Waals surface area contributed by atoms with Gasteiger partial charge in [0, 0.05) is 12.0 Å². The Balaban J connectivity index is 2.68. The second-order valence-electron chi connectivity index (χ2n) is 5.64. The zero-order valence-electron chi connectivity index (χ0n) is 11.2. The van der Waals surface area contributed by atoms with Gasteiger partial charge in [0.1, 0.15) is 11.6 Å². The molecule has 1 aliphatic heterocycles. The van der Waals surface area contributed by atoms with Crippen molar-refractivity contribution in [3.05, 3.63) is 22.4 Å². The van der Waals surface area contributed by atoms with Crippen LogP contribution in [0.3, 0.4) is 0 Å². The number of aromatic hydroxyl groups is 1. The first-order chi connectivity index (χ1) is 8.35. The molecule has 0 saturated carbocycles. The Hall–Kier alpha value is -1.60. The molecule has 1 aromatic heterocycles. The Morgan fingerprint density at radius 3 is 2.61 bits per heavy atom. The maximum absolute atomic E-state index is 9.89. The van der Waals surface area contributed by atoms with E-state index in [1.54, 1.807) is 0 Å². The van der Waals surface area contributed by atoms with Crippen LogP contribution in [0.1, 0.15) is 56.0 Å². The average molecular weight is 246 g/mol. The predicted octanol–water partition coefficient (Wildman–Crippen LogP) is 2.63. The summed E-state index contributed by atoms with van der Waals surface area (Å²) in [5.74, 6) is 0.0415. The average Bonchev–Trinajstić information content (AvgIpc) is 2.26. The minimum atomic E-state index is -0.305. The van der Waals surface area contributed by atoms with Gasteiger partial charge in [0.25, 0.3) is 0 Å². The minimum Gasteiger partial charge on any atom is -0.492 e. The third-order valence-corrected chi connectivity index (χ3v) is 3.29. The van der Waals surface area contributed by atoms with E-state index in [9.17, 15) is 10.4 Å². The quantitative estimate of drug-likeness (QED) is 0.827. The fourth-order valence-corrected chi connectivity index (χ4v) is 2.37. The lowest BCUT2D eigenvalue weighted by molar-refractivity contribution is -0.0409. The molecule has 0 fully saturated rings. The molecule has 0 unspecified atom stereocenters. The van der Waals surface area contributed by atoms with Crippen LogP contribution in [0.5, 0.6) is 5.88 Å². The molecule has 18 heavy (non-hydrogen) atoms. The highest BCUT2D eigenvalue weighted by Gasteiger charge is 2.32. The number of fused-ring (bicyclic) bond motifs is 1. The van der Waals surface area contributed by atoms with E-state index in [1.807, 2.05) is 27.7 Å². The van der Waals surface area contributed by atoms with E-state index >= 15 is 0 Å². The van der Waals surface area contributed by atoms with Gasteiger partial charge >= 0.3 is 0 Å². The van der Waals surface area contributed by atoms with Gasteiger partial charge in [-0.2, -0.15) is 5.26 Å². The van der Waals surface area contributed by atoms with Crippen LogP contribution in [-0.2, 0) is 17.8 Å². The Labute approximate surface area is 107 Å². The topological polar surface area (TPSA) is 66.1 Å². The second-order valence-corrected chi connectivity index (χ2v) is 5.64. The van der Waals surface area contributed by atoms with Gasteiger partial charge in [-0.1, -0.05) is 13.8 Å². The molecule has 0 aromatic carbocycles. The Kier molecular flexibility index (Phi) is 3.04. The van der Waals surface area contributed by atoms with Crippen molar-refractivity contribution in [2.75, 3.05) is 0 Å². The number of nitriles is 1. The zero-order valence-corrected chi connectivity index (χ0v) is 11.2. The number of hydrogen-bond donors (Lipinski definition) is 1. The normalized spacial score (nSPS) is 17.3. The summed E-state index contributed by atoms with van der Waals surface area (Å²) in [7, 11) is 0. The van der Waals surface area contributed by atoms with Gasteiger partial charge in [0.05, 0.1) is 17.9 Å². The molecule has 0 spiro atoms. The molecular formula is C14H18N2O2. The fourth-order valence-electron chi connectivity index (χ4n) is 2.37. The third-order valence-electron chi connectivity index (χ3n) is 3.29. The zero-order chi connectivity index (χ0) is 13.5. The van der Waals surface area contributed by atoms with Gasteiger partial charge in [0.15, 0.2) is 0 Å². The molecule has 1 N–H and O–H groups in total. The number of aromatic nitrogens is 1. The summed E-state index contributed by atoms with van der Waals surface area (Å²) in [6, 6.07) is 2.06. The second kappa shape index (κ2) is 4.25. The fraction of sp³-hybridized carbons (Fsp3) is 0.571. The van der Waals surface area contributed by atoms with Crippen molar-refractivity contribution in [2.24, 2.45) is 0 Å². The van der Waals surface area contributed by atoms with Crippen LogP contribution in [0.15, 0.2) is 0 Å². The van der Waals surface area contributed by atoms with E-state index in [0.29, 0.717) is 18.6 Å². The number of nitrogens with zero attached hydrogens (tertiary/aromatic N) is 2. The Morgan fingerprint density at radius 2 is 2.06 bits per heavy atom. The van der Waals surface area contributed by atoms with Gasteiger partial charge in [0.2, 0.25) is 5.88 Å². The lowest BCUT2D eigenvalue weighted by Gasteiger charge is -2.33. The van der Waals surface area contributed by atoms with Gasteiger partial charge in [-0.15, -0.1) is 0 Å². The first-order valence-corrected chi connectivity index (χ1v) is 6.14. The van der Waals surface area contributed by atoms with Crippen molar-refractivity contribution in [2.45, 2.75) is 52.2 Å². The van der Waals surface area contributed by atoms with Gasteiger partial charge < -0.3 is 9.84 Å². The maximum atomic E-state index is 9.89. The summed E-state index contributed by atoms with van der Waals surface area (Å²) < 4.78 is 5.79. The van der Waals surface area contributed by atoms with E-state index in [2.05, 4.69) is 11.1 Å². The molecule has 2 heterocycles. The molecule has 0 saturated heterocycles. The van der Waals surface area contributed by atoms with E-state index in [1.165, 1.54) is 0 Å². The van der Waals surface area contributed by atoms with Crippen molar-refractivity contribution >= 4 is 0 Å². The lowest BCUT2D eigenvalue weighted by Crippen LogP contribution is -2.33. The van der Waals surface area contributed by atoms with Crippen molar-refractivity contribution in [1.29, 1.82) is 5.26 Å². The predicted molar refractivity (Wildman–Crippen MR) is 67.3 cm³/mol. The SMILES string of the molecule is CC(C)c1nc(O)c(C#N)c2c1COC(C)(C)C2. The highest BCUT2D eigenvalue weighted by Crippen LogP contribution is 2.36. The Bertz CT molecular complexity index is 528. The van der Waals surface area contributed by atoms with E-state index in [-0.39, 0.29) is 17.4 Å². The van der Waals surface area contributed by atoms with Gasteiger partial charge in [-0.05, 0) is 25.3 Å². The summed E-state index contributed by atoms with van der Waals surface area (Å²) in [5, 5.41) is 19.1. The smallest absolute Gasteiger partial charge is 0.229 e. The van der Waals surface area contributed by atoms with Crippen molar-refractivity contribution in [1.82, 2.24) is 4.98 Å². The molecule has 1 aromatic rings. The van der Waals surface area contributed by atoms with Crippen LogP contribution in [0.2, 0.25) is 0 Å². The molecule has 0 bridgehead atoms. The van der Waals surface area contributed by atoms with E-state index in [0.717, 1.165) is 16.8 Å². The number of rotatable bonds is 1. The molecule has 0 aliphatic carbocycles. The summed E-state index contributed by atoms with van der Waals surface area (Å²) in [6.45, 7) is 8.48. The van der Waals surface area contributed by atoms with Crippen LogP contribution >= 0.6 is 0 Å². The molecule has 0 atom stereocenters. The molecule has 2 rings (SSSR count). The van der Waals surface area contributed by atoms with Crippen LogP contribution in [0.4, 0.5) is 0 Å². The van der Waals surface area contributed by atoms with Crippen LogP contribution in [-0.4, -0.2) is 15.7 Å². The first-order valence-electron chi connectivity index (χ1n) is 6.14. The standard InChI is InChI=1S/C14H18N2O2/c1-8(2)12-11-7-18-14(3,4)5-9(11)10(6-15)13(17)16-12/h8H,5,7H2,1-4H3,(H,16,17). The van der Waals surface area contributed by atoms with Gasteiger partial charge in [-0.3, -0.25) is 0 Å².